The number of hydrogen-bond donors (Lipinski definition) is 0. The lowest BCUT2D eigenvalue weighted by Crippen LogP contribution is -2.05. The van der Waals surface area contributed by atoms with Crippen LogP contribution in [0.4, 0.5) is 0 Å². The molecule has 0 saturated heterocycles. The highest BCUT2D eigenvalue weighted by atomic mass is 32.2. The molecule has 0 radical (unpaired) electrons. The molecule has 6 nitrogen and oxygen atoms in total. The predicted octanol–water partition coefficient (Wildman–Crippen LogP) is 3.93. The molecule has 0 saturated carbocycles. The van der Waals surface area contributed by atoms with Gasteiger partial charge in [0.25, 0.3) is 0 Å². The Morgan fingerprint density at radius 3 is 2.61 bits per heavy atom. The van der Waals surface area contributed by atoms with E-state index in [-0.39, 0.29) is 12.2 Å². The van der Waals surface area contributed by atoms with Gasteiger partial charge in [0.1, 0.15) is 17.0 Å². The molecule has 0 amide bonds. The maximum absolute atomic E-state index is 12.8. The first-order valence-corrected chi connectivity index (χ1v) is 10.6. The predicted molar refractivity (Wildman–Crippen MR) is 106 cm³/mol. The fourth-order valence-corrected chi connectivity index (χ4v) is 4.87. The largest absolute Gasteiger partial charge is 0.451 e. The summed E-state index contributed by atoms with van der Waals surface area (Å²) < 4.78 is 18.0. The van der Waals surface area contributed by atoms with E-state index in [2.05, 4.69) is 15.2 Å². The lowest BCUT2D eigenvalue weighted by atomic mass is 10.00. The summed E-state index contributed by atoms with van der Waals surface area (Å²) in [6.45, 7) is 0. The number of nitrogens with zero attached hydrogens (tertiary/aromatic N) is 3. The molecule has 2 aromatic heterocycles. The third-order valence-corrected chi connectivity index (χ3v) is 6.62. The van der Waals surface area contributed by atoms with Crippen LogP contribution in [0, 0.1) is 0 Å². The van der Waals surface area contributed by atoms with Crippen molar-refractivity contribution in [1.29, 1.82) is 0 Å². The second kappa shape index (κ2) is 8.37. The van der Waals surface area contributed by atoms with Crippen molar-refractivity contribution in [2.75, 3.05) is 0 Å². The highest BCUT2D eigenvalue weighted by Crippen LogP contribution is 2.24. The normalized spacial score (nSPS) is 12.0. The zero-order valence-electron chi connectivity index (χ0n) is 14.6. The van der Waals surface area contributed by atoms with Gasteiger partial charge in [-0.25, -0.2) is 4.98 Å². The SMILES string of the molecule is O=C(Cc1nnc(S(=O)Cc2ccccc2)s1)c1ccccc1-c1cocn1. The molecule has 0 aliphatic heterocycles. The van der Waals surface area contributed by atoms with Gasteiger partial charge in [0, 0.05) is 11.1 Å². The van der Waals surface area contributed by atoms with Crippen LogP contribution in [0.5, 0.6) is 0 Å². The van der Waals surface area contributed by atoms with Crippen LogP contribution in [-0.4, -0.2) is 25.2 Å². The van der Waals surface area contributed by atoms with Gasteiger partial charge in [0.2, 0.25) is 4.34 Å². The molecule has 0 aliphatic rings. The number of benzene rings is 2. The first-order valence-electron chi connectivity index (χ1n) is 8.46. The van der Waals surface area contributed by atoms with Crippen LogP contribution in [-0.2, 0) is 23.0 Å². The van der Waals surface area contributed by atoms with Gasteiger partial charge in [-0.05, 0) is 5.56 Å². The maximum atomic E-state index is 12.8. The number of hydrogen-bond acceptors (Lipinski definition) is 7. The molecule has 4 rings (SSSR count). The van der Waals surface area contributed by atoms with Gasteiger partial charge < -0.3 is 4.42 Å². The molecule has 1 atom stereocenters. The van der Waals surface area contributed by atoms with Crippen molar-refractivity contribution >= 4 is 27.9 Å². The number of carbonyl (C=O) groups excluding carboxylic acids is 1. The van der Waals surface area contributed by atoms with Crippen molar-refractivity contribution in [3.63, 3.8) is 0 Å². The van der Waals surface area contributed by atoms with Crippen LogP contribution in [0.25, 0.3) is 11.3 Å². The van der Waals surface area contributed by atoms with Gasteiger partial charge in [-0.15, -0.1) is 10.2 Å². The molecule has 140 valence electrons. The van der Waals surface area contributed by atoms with E-state index < -0.39 is 10.8 Å². The Labute approximate surface area is 167 Å². The Bertz CT molecular complexity index is 1110. The first-order chi connectivity index (χ1) is 13.7. The Morgan fingerprint density at radius 1 is 1.04 bits per heavy atom. The van der Waals surface area contributed by atoms with Gasteiger partial charge in [-0.1, -0.05) is 65.9 Å². The topological polar surface area (TPSA) is 86.0 Å². The zero-order valence-corrected chi connectivity index (χ0v) is 16.3. The molecule has 1 unspecified atom stereocenters. The average molecular weight is 409 g/mol. The minimum Gasteiger partial charge on any atom is -0.451 e. The van der Waals surface area contributed by atoms with Crippen LogP contribution < -0.4 is 0 Å². The standard InChI is InChI=1S/C20H15N3O3S2/c24-18(16-9-5-4-8-15(16)17-11-26-13-21-17)10-19-22-23-20(27-19)28(25)12-14-6-2-1-3-7-14/h1-9,11,13H,10,12H2. The number of ketones is 1. The van der Waals surface area contributed by atoms with Crippen molar-refractivity contribution in [3.8, 4) is 11.3 Å². The van der Waals surface area contributed by atoms with Gasteiger partial charge >= 0.3 is 0 Å². The Kier molecular flexibility index (Phi) is 5.50. The van der Waals surface area contributed by atoms with Crippen LogP contribution in [0.15, 0.2) is 76.0 Å². The van der Waals surface area contributed by atoms with Crippen molar-refractivity contribution in [2.45, 2.75) is 16.5 Å². The molecule has 0 spiro atoms. The van der Waals surface area contributed by atoms with E-state index >= 15 is 0 Å². The van der Waals surface area contributed by atoms with Crippen LogP contribution in [0.2, 0.25) is 0 Å². The fraction of sp³-hybridized carbons (Fsp3) is 0.100. The number of aromatic nitrogens is 3. The number of Topliss-reactive ketones (excluding diaryl/α,β-unsaturated/α-hetero) is 1. The molecule has 0 bridgehead atoms. The summed E-state index contributed by atoms with van der Waals surface area (Å²) in [5.74, 6) is 0.272. The van der Waals surface area contributed by atoms with Crippen LogP contribution >= 0.6 is 11.3 Å². The molecular formula is C20H15N3O3S2. The summed E-state index contributed by atoms with van der Waals surface area (Å²) in [5, 5.41) is 8.62. The second-order valence-electron chi connectivity index (χ2n) is 5.96. The van der Waals surface area contributed by atoms with E-state index in [1.54, 1.807) is 12.1 Å². The van der Waals surface area contributed by atoms with Crippen molar-refractivity contribution < 1.29 is 13.4 Å². The number of oxazole rings is 1. The Hall–Kier alpha value is -2.97. The minimum absolute atomic E-state index is 0.0923. The number of carbonyl (C=O) groups is 1. The molecule has 0 fully saturated rings. The molecule has 2 heterocycles. The fourth-order valence-electron chi connectivity index (χ4n) is 2.72. The maximum Gasteiger partial charge on any atom is 0.205 e. The Balaban J connectivity index is 1.49. The van der Waals surface area contributed by atoms with E-state index in [4.69, 9.17) is 4.42 Å². The van der Waals surface area contributed by atoms with Gasteiger partial charge in [0.05, 0.1) is 23.0 Å². The van der Waals surface area contributed by atoms with Gasteiger partial charge in [-0.2, -0.15) is 0 Å². The lowest BCUT2D eigenvalue weighted by Gasteiger charge is -2.04. The first kappa shape index (κ1) is 18.4. The average Bonchev–Trinajstić information content (AvgIpc) is 3.41. The Morgan fingerprint density at radius 2 is 1.82 bits per heavy atom. The van der Waals surface area contributed by atoms with E-state index in [1.807, 2.05) is 42.5 Å². The molecule has 4 aromatic rings. The van der Waals surface area contributed by atoms with E-state index in [0.29, 0.717) is 31.9 Å². The summed E-state index contributed by atoms with van der Waals surface area (Å²) in [7, 11) is -1.29. The minimum atomic E-state index is -1.29. The zero-order chi connectivity index (χ0) is 19.3. The van der Waals surface area contributed by atoms with E-state index in [1.165, 1.54) is 24.0 Å². The quantitative estimate of drug-likeness (QED) is 0.430. The number of rotatable bonds is 7. The highest BCUT2D eigenvalue weighted by molar-refractivity contribution is 7.86. The molecule has 28 heavy (non-hydrogen) atoms. The van der Waals surface area contributed by atoms with E-state index in [9.17, 15) is 9.00 Å². The summed E-state index contributed by atoms with van der Waals surface area (Å²) in [6.07, 6.45) is 2.92. The summed E-state index contributed by atoms with van der Waals surface area (Å²) in [4.78, 5) is 16.9. The van der Waals surface area contributed by atoms with Crippen molar-refractivity contribution in [3.05, 3.63) is 83.4 Å². The van der Waals surface area contributed by atoms with Crippen molar-refractivity contribution in [2.24, 2.45) is 0 Å². The summed E-state index contributed by atoms with van der Waals surface area (Å²) in [6, 6.07) is 16.8. The summed E-state index contributed by atoms with van der Waals surface area (Å²) >= 11 is 1.21. The van der Waals surface area contributed by atoms with Gasteiger partial charge in [-0.3, -0.25) is 9.00 Å². The molecule has 0 N–H and O–H groups in total. The van der Waals surface area contributed by atoms with Crippen LogP contribution in [0.1, 0.15) is 20.9 Å². The lowest BCUT2D eigenvalue weighted by molar-refractivity contribution is 0.0993. The van der Waals surface area contributed by atoms with Crippen molar-refractivity contribution in [1.82, 2.24) is 15.2 Å². The second-order valence-corrected chi connectivity index (χ2v) is 8.64. The third kappa shape index (κ3) is 4.13. The summed E-state index contributed by atoms with van der Waals surface area (Å²) in [5.41, 5.74) is 2.82. The smallest absolute Gasteiger partial charge is 0.205 e. The van der Waals surface area contributed by atoms with E-state index in [0.717, 1.165) is 5.56 Å². The van der Waals surface area contributed by atoms with Gasteiger partial charge in [0.15, 0.2) is 12.2 Å². The molecule has 8 heteroatoms. The highest BCUT2D eigenvalue weighted by Gasteiger charge is 2.18. The monoisotopic (exact) mass is 409 g/mol. The van der Waals surface area contributed by atoms with Crippen LogP contribution in [0.3, 0.4) is 0 Å². The molecule has 2 aromatic carbocycles. The molecular weight excluding hydrogens is 394 g/mol. The molecule has 0 aliphatic carbocycles. The third-order valence-electron chi connectivity index (χ3n) is 4.03.